The van der Waals surface area contributed by atoms with E-state index in [1.165, 1.54) is 0 Å². The first-order chi connectivity index (χ1) is 11.4. The Bertz CT molecular complexity index is 658. The van der Waals surface area contributed by atoms with Gasteiger partial charge in [-0.2, -0.15) is 0 Å². The summed E-state index contributed by atoms with van der Waals surface area (Å²) in [6.45, 7) is 2.53. The lowest BCUT2D eigenvalue weighted by Crippen LogP contribution is -2.45. The number of carbonyl (C=O) groups is 2. The van der Waals surface area contributed by atoms with Gasteiger partial charge in [-0.1, -0.05) is 19.8 Å². The summed E-state index contributed by atoms with van der Waals surface area (Å²) in [6.07, 6.45) is 4.71. The van der Waals surface area contributed by atoms with E-state index in [0.717, 1.165) is 36.9 Å². The Morgan fingerprint density at radius 1 is 1.38 bits per heavy atom. The Kier molecular flexibility index (Phi) is 4.63. The van der Waals surface area contributed by atoms with Crippen LogP contribution in [0.5, 0.6) is 0 Å². The number of benzene rings is 1. The van der Waals surface area contributed by atoms with Gasteiger partial charge in [-0.3, -0.25) is 9.59 Å². The highest BCUT2D eigenvalue weighted by molar-refractivity contribution is 5.98. The van der Waals surface area contributed by atoms with E-state index in [2.05, 4.69) is 5.32 Å². The van der Waals surface area contributed by atoms with Crippen molar-refractivity contribution in [2.45, 2.75) is 51.6 Å². The number of carbonyl (C=O) groups excluding carboxylic acids is 2. The standard InChI is InChI=1S/C19H26N2O3/c1-19(10-4-3-5-16(19)22)12-20-18(24)14-6-8-15-13(11-14)7-9-17(23)21(15)2/h6,8,11,16,22H,3-5,7,9-10,12H2,1-2H3,(H,20,24). The Balaban J connectivity index is 1.69. The van der Waals surface area contributed by atoms with Gasteiger partial charge in [-0.15, -0.1) is 0 Å². The van der Waals surface area contributed by atoms with E-state index in [0.29, 0.717) is 24.9 Å². The zero-order valence-corrected chi connectivity index (χ0v) is 14.5. The Hall–Kier alpha value is -1.88. The van der Waals surface area contributed by atoms with E-state index in [4.69, 9.17) is 0 Å². The number of hydrogen-bond donors (Lipinski definition) is 2. The average Bonchev–Trinajstić information content (AvgIpc) is 2.59. The molecule has 130 valence electrons. The van der Waals surface area contributed by atoms with E-state index in [-0.39, 0.29) is 23.3 Å². The first kappa shape index (κ1) is 17.0. The minimum atomic E-state index is -0.352. The molecule has 0 spiro atoms. The van der Waals surface area contributed by atoms with E-state index in [1.807, 2.05) is 19.1 Å². The van der Waals surface area contributed by atoms with Gasteiger partial charge in [0, 0.05) is 36.7 Å². The van der Waals surface area contributed by atoms with Gasteiger partial charge in [0.1, 0.15) is 0 Å². The number of amides is 2. The fourth-order valence-corrected chi connectivity index (χ4v) is 3.77. The molecule has 0 bridgehead atoms. The lowest BCUT2D eigenvalue weighted by atomic mass is 9.73. The fourth-order valence-electron chi connectivity index (χ4n) is 3.77. The lowest BCUT2D eigenvalue weighted by Gasteiger charge is -2.38. The highest BCUT2D eigenvalue weighted by Gasteiger charge is 2.35. The fraction of sp³-hybridized carbons (Fsp3) is 0.579. The van der Waals surface area contributed by atoms with Crippen molar-refractivity contribution in [2.75, 3.05) is 18.5 Å². The van der Waals surface area contributed by atoms with Crippen molar-refractivity contribution < 1.29 is 14.7 Å². The first-order valence-electron chi connectivity index (χ1n) is 8.76. The molecule has 0 aromatic heterocycles. The molecule has 1 fully saturated rings. The molecule has 1 aromatic carbocycles. The van der Waals surface area contributed by atoms with Crippen LogP contribution < -0.4 is 10.2 Å². The molecule has 2 unspecified atom stereocenters. The predicted molar refractivity (Wildman–Crippen MR) is 93.1 cm³/mol. The van der Waals surface area contributed by atoms with Crippen LogP contribution in [0.3, 0.4) is 0 Å². The third-order valence-corrected chi connectivity index (χ3v) is 5.62. The number of aryl methyl sites for hydroxylation is 1. The molecule has 5 nitrogen and oxygen atoms in total. The summed E-state index contributed by atoms with van der Waals surface area (Å²) in [5, 5.41) is 13.2. The van der Waals surface area contributed by atoms with Crippen molar-refractivity contribution in [1.82, 2.24) is 5.32 Å². The largest absolute Gasteiger partial charge is 0.392 e. The number of anilines is 1. The van der Waals surface area contributed by atoms with E-state index >= 15 is 0 Å². The molecule has 1 saturated carbocycles. The highest BCUT2D eigenvalue weighted by Crippen LogP contribution is 2.35. The smallest absolute Gasteiger partial charge is 0.251 e. The predicted octanol–water partition coefficient (Wildman–Crippen LogP) is 2.27. The lowest BCUT2D eigenvalue weighted by molar-refractivity contribution is -0.118. The second-order valence-electron chi connectivity index (χ2n) is 7.39. The summed E-state index contributed by atoms with van der Waals surface area (Å²) in [7, 11) is 1.77. The average molecular weight is 330 g/mol. The second-order valence-corrected chi connectivity index (χ2v) is 7.39. The highest BCUT2D eigenvalue weighted by atomic mass is 16.3. The number of aliphatic hydroxyl groups is 1. The summed E-state index contributed by atoms with van der Waals surface area (Å²) in [6, 6.07) is 5.49. The normalized spacial score (nSPS) is 26.9. The van der Waals surface area contributed by atoms with Crippen LogP contribution in [0.25, 0.3) is 0 Å². The molecule has 2 aliphatic rings. The first-order valence-corrected chi connectivity index (χ1v) is 8.76. The third kappa shape index (κ3) is 3.18. The Morgan fingerprint density at radius 2 is 2.17 bits per heavy atom. The van der Waals surface area contributed by atoms with E-state index in [9.17, 15) is 14.7 Å². The zero-order valence-electron chi connectivity index (χ0n) is 14.5. The molecule has 1 aliphatic carbocycles. The van der Waals surface area contributed by atoms with Crippen molar-refractivity contribution >= 4 is 17.5 Å². The number of nitrogens with zero attached hydrogens (tertiary/aromatic N) is 1. The van der Waals surface area contributed by atoms with Gasteiger partial charge >= 0.3 is 0 Å². The van der Waals surface area contributed by atoms with Crippen LogP contribution in [0.1, 0.15) is 54.9 Å². The molecular weight excluding hydrogens is 304 g/mol. The number of nitrogens with one attached hydrogen (secondary N) is 1. The molecule has 2 atom stereocenters. The van der Waals surface area contributed by atoms with Gasteiger partial charge in [0.25, 0.3) is 5.91 Å². The van der Waals surface area contributed by atoms with Crippen LogP contribution in [0.4, 0.5) is 5.69 Å². The van der Waals surface area contributed by atoms with Crippen molar-refractivity contribution in [3.8, 4) is 0 Å². The van der Waals surface area contributed by atoms with Gasteiger partial charge in [-0.05, 0) is 43.0 Å². The molecule has 24 heavy (non-hydrogen) atoms. The van der Waals surface area contributed by atoms with Gasteiger partial charge in [-0.25, -0.2) is 0 Å². The Morgan fingerprint density at radius 3 is 2.92 bits per heavy atom. The van der Waals surface area contributed by atoms with Crippen molar-refractivity contribution in [2.24, 2.45) is 5.41 Å². The maximum atomic E-state index is 12.5. The number of aliphatic hydroxyl groups excluding tert-OH is 1. The summed E-state index contributed by atoms with van der Waals surface area (Å²) >= 11 is 0. The maximum absolute atomic E-state index is 12.5. The molecule has 1 heterocycles. The van der Waals surface area contributed by atoms with Gasteiger partial charge in [0.2, 0.25) is 5.91 Å². The van der Waals surface area contributed by atoms with Gasteiger partial charge in [0.05, 0.1) is 6.10 Å². The molecule has 1 aromatic rings. The SMILES string of the molecule is CN1C(=O)CCc2cc(C(=O)NCC3(C)CCCCC3O)ccc21. The van der Waals surface area contributed by atoms with Crippen LogP contribution in [-0.4, -0.2) is 36.6 Å². The van der Waals surface area contributed by atoms with Crippen LogP contribution in [0.15, 0.2) is 18.2 Å². The van der Waals surface area contributed by atoms with Gasteiger partial charge < -0.3 is 15.3 Å². The van der Waals surface area contributed by atoms with Crippen LogP contribution in [0, 0.1) is 5.41 Å². The second kappa shape index (κ2) is 6.55. The monoisotopic (exact) mass is 330 g/mol. The zero-order chi connectivity index (χ0) is 17.3. The molecule has 2 N–H and O–H groups in total. The summed E-state index contributed by atoms with van der Waals surface area (Å²) in [4.78, 5) is 25.9. The molecular formula is C19H26N2O3. The molecule has 3 rings (SSSR count). The Labute approximate surface area is 143 Å². The number of hydrogen-bond acceptors (Lipinski definition) is 3. The van der Waals surface area contributed by atoms with Crippen LogP contribution in [0.2, 0.25) is 0 Å². The molecule has 5 heteroatoms. The topological polar surface area (TPSA) is 69.6 Å². The number of fused-ring (bicyclic) bond motifs is 1. The van der Waals surface area contributed by atoms with Gasteiger partial charge in [0.15, 0.2) is 0 Å². The minimum absolute atomic E-state index is 0.110. The van der Waals surface area contributed by atoms with Crippen molar-refractivity contribution in [3.05, 3.63) is 29.3 Å². The third-order valence-electron chi connectivity index (χ3n) is 5.62. The quantitative estimate of drug-likeness (QED) is 0.893. The molecule has 2 amide bonds. The number of rotatable bonds is 3. The summed E-state index contributed by atoms with van der Waals surface area (Å²) < 4.78 is 0. The van der Waals surface area contributed by atoms with Crippen molar-refractivity contribution in [3.63, 3.8) is 0 Å². The molecule has 1 aliphatic heterocycles. The maximum Gasteiger partial charge on any atom is 0.251 e. The van der Waals surface area contributed by atoms with E-state index < -0.39 is 0 Å². The van der Waals surface area contributed by atoms with Crippen LogP contribution >= 0.6 is 0 Å². The van der Waals surface area contributed by atoms with Crippen LogP contribution in [-0.2, 0) is 11.2 Å². The van der Waals surface area contributed by atoms with Crippen molar-refractivity contribution in [1.29, 1.82) is 0 Å². The summed E-state index contributed by atoms with van der Waals surface area (Å²) in [5.74, 6) is -0.00439. The van der Waals surface area contributed by atoms with E-state index in [1.54, 1.807) is 18.0 Å². The molecule has 0 radical (unpaired) electrons. The molecule has 0 saturated heterocycles. The summed E-state index contributed by atoms with van der Waals surface area (Å²) in [5.41, 5.74) is 2.30. The minimum Gasteiger partial charge on any atom is -0.392 e.